The second kappa shape index (κ2) is 9.82. The monoisotopic (exact) mass is 277 g/mol. The first-order valence-corrected chi connectivity index (χ1v) is 8.17. The summed E-state index contributed by atoms with van der Waals surface area (Å²) < 4.78 is 6.17. The van der Waals surface area contributed by atoms with Gasteiger partial charge in [-0.15, -0.1) is 0 Å². The van der Waals surface area contributed by atoms with E-state index in [0.29, 0.717) is 6.04 Å². The van der Waals surface area contributed by atoms with Crippen molar-refractivity contribution < 1.29 is 4.74 Å². The lowest BCUT2D eigenvalue weighted by Gasteiger charge is -2.26. The molecule has 1 rings (SSSR count). The quantitative estimate of drug-likeness (QED) is 0.676. The van der Waals surface area contributed by atoms with Gasteiger partial charge < -0.3 is 10.1 Å². The molecule has 0 aliphatic carbocycles. The summed E-state index contributed by atoms with van der Waals surface area (Å²) in [6.45, 7) is 6.65. The van der Waals surface area contributed by atoms with Crippen LogP contribution in [0.15, 0.2) is 24.3 Å². The number of rotatable bonds is 10. The number of hydrogen-bond donors (Lipinski definition) is 1. The van der Waals surface area contributed by atoms with Crippen molar-refractivity contribution in [1.82, 2.24) is 5.32 Å². The van der Waals surface area contributed by atoms with E-state index in [4.69, 9.17) is 4.74 Å². The van der Waals surface area contributed by atoms with E-state index in [2.05, 4.69) is 50.4 Å². The second-order valence-electron chi connectivity index (χ2n) is 5.50. The van der Waals surface area contributed by atoms with Gasteiger partial charge >= 0.3 is 0 Å². The molecule has 0 radical (unpaired) electrons. The molecular weight excluding hydrogens is 246 g/mol. The molecule has 0 bridgehead atoms. The van der Waals surface area contributed by atoms with Crippen LogP contribution in [0.3, 0.4) is 0 Å². The third-order valence-corrected chi connectivity index (χ3v) is 3.85. The van der Waals surface area contributed by atoms with Crippen molar-refractivity contribution in [2.75, 3.05) is 7.05 Å². The normalized spacial score (nSPS) is 14.0. The van der Waals surface area contributed by atoms with Gasteiger partial charge in [0.2, 0.25) is 0 Å². The third kappa shape index (κ3) is 5.54. The Labute approximate surface area is 124 Å². The highest BCUT2D eigenvalue weighted by Crippen LogP contribution is 2.19. The molecule has 0 amide bonds. The summed E-state index contributed by atoms with van der Waals surface area (Å²) in [5.41, 5.74) is 1.41. The third-order valence-electron chi connectivity index (χ3n) is 3.85. The molecule has 20 heavy (non-hydrogen) atoms. The molecule has 0 saturated carbocycles. The molecule has 0 heterocycles. The fourth-order valence-corrected chi connectivity index (χ4v) is 2.57. The first kappa shape index (κ1) is 17.0. The summed E-state index contributed by atoms with van der Waals surface area (Å²) in [6.07, 6.45) is 7.30. The van der Waals surface area contributed by atoms with Gasteiger partial charge in [0.05, 0.1) is 0 Å². The minimum Gasteiger partial charge on any atom is -0.489 e. The van der Waals surface area contributed by atoms with Crippen molar-refractivity contribution in [2.45, 2.75) is 71.4 Å². The lowest BCUT2D eigenvalue weighted by Crippen LogP contribution is -2.40. The minimum atomic E-state index is 0.251. The molecule has 0 aromatic heterocycles. The Morgan fingerprint density at radius 3 is 2.25 bits per heavy atom. The van der Waals surface area contributed by atoms with E-state index in [1.54, 1.807) is 0 Å². The number of nitrogens with one attached hydrogen (secondary N) is 1. The van der Waals surface area contributed by atoms with Crippen molar-refractivity contribution in [3.05, 3.63) is 29.8 Å². The maximum absolute atomic E-state index is 6.17. The van der Waals surface area contributed by atoms with Gasteiger partial charge in [0, 0.05) is 6.04 Å². The van der Waals surface area contributed by atoms with E-state index < -0.39 is 0 Å². The lowest BCUT2D eigenvalue weighted by atomic mass is 10.0. The van der Waals surface area contributed by atoms with Crippen LogP contribution in [-0.2, 0) is 6.42 Å². The van der Waals surface area contributed by atoms with Crippen LogP contribution in [0.1, 0.15) is 58.4 Å². The Hall–Kier alpha value is -1.02. The van der Waals surface area contributed by atoms with Gasteiger partial charge in [-0.3, -0.25) is 0 Å². The van der Waals surface area contributed by atoms with Gasteiger partial charge in [-0.25, -0.2) is 0 Å². The predicted molar refractivity (Wildman–Crippen MR) is 87.5 cm³/mol. The van der Waals surface area contributed by atoms with E-state index in [9.17, 15) is 0 Å². The van der Waals surface area contributed by atoms with E-state index in [1.807, 2.05) is 7.05 Å². The molecule has 2 atom stereocenters. The van der Waals surface area contributed by atoms with E-state index in [-0.39, 0.29) is 6.10 Å². The zero-order valence-corrected chi connectivity index (χ0v) is 13.6. The van der Waals surface area contributed by atoms with Crippen LogP contribution in [0.5, 0.6) is 5.75 Å². The van der Waals surface area contributed by atoms with Gasteiger partial charge in [-0.2, -0.15) is 0 Å². The summed E-state index contributed by atoms with van der Waals surface area (Å²) in [5, 5.41) is 3.39. The molecule has 2 heteroatoms. The molecular formula is C18H31NO. The maximum Gasteiger partial charge on any atom is 0.119 e. The number of likely N-dealkylation sites (N-methyl/N-ethyl adjacent to an activating group) is 1. The number of unbranched alkanes of at least 4 members (excludes halogenated alkanes) is 1. The molecule has 0 fully saturated rings. The summed E-state index contributed by atoms with van der Waals surface area (Å²) in [6, 6.07) is 9.07. The van der Waals surface area contributed by atoms with Crippen LogP contribution in [0.4, 0.5) is 0 Å². The standard InChI is InChI=1S/C18H31NO/c1-5-8-10-15-11-13-16(14-12-15)20-18(7-3)17(19-4)9-6-2/h11-14,17-19H,5-10H2,1-4H3. The van der Waals surface area contributed by atoms with Crippen molar-refractivity contribution in [3.8, 4) is 5.75 Å². The van der Waals surface area contributed by atoms with Gasteiger partial charge in [0.25, 0.3) is 0 Å². The SMILES string of the molecule is CCCCc1ccc(OC(CC)C(CCC)NC)cc1. The maximum atomic E-state index is 6.17. The van der Waals surface area contributed by atoms with Gasteiger partial charge in [0.1, 0.15) is 11.9 Å². The molecule has 1 N–H and O–H groups in total. The number of benzene rings is 1. The Kier molecular flexibility index (Phi) is 8.36. The van der Waals surface area contributed by atoms with Crippen molar-refractivity contribution in [2.24, 2.45) is 0 Å². The Balaban J connectivity index is 2.60. The van der Waals surface area contributed by atoms with Crippen LogP contribution in [0.25, 0.3) is 0 Å². The summed E-state index contributed by atoms with van der Waals surface area (Å²) in [5.74, 6) is 0.994. The van der Waals surface area contributed by atoms with E-state index >= 15 is 0 Å². The van der Waals surface area contributed by atoms with Crippen LogP contribution in [-0.4, -0.2) is 19.2 Å². The van der Waals surface area contributed by atoms with Crippen LogP contribution >= 0.6 is 0 Å². The second-order valence-corrected chi connectivity index (χ2v) is 5.50. The first-order chi connectivity index (χ1) is 9.74. The lowest BCUT2D eigenvalue weighted by molar-refractivity contribution is 0.146. The summed E-state index contributed by atoms with van der Waals surface area (Å²) in [7, 11) is 2.03. The minimum absolute atomic E-state index is 0.251. The van der Waals surface area contributed by atoms with Crippen LogP contribution < -0.4 is 10.1 Å². The Morgan fingerprint density at radius 1 is 1.05 bits per heavy atom. The van der Waals surface area contributed by atoms with Crippen LogP contribution in [0, 0.1) is 0 Å². The van der Waals surface area contributed by atoms with E-state index in [1.165, 1.54) is 31.2 Å². The molecule has 2 unspecified atom stereocenters. The number of aryl methyl sites for hydroxylation is 1. The number of hydrogen-bond acceptors (Lipinski definition) is 2. The molecule has 0 aliphatic rings. The predicted octanol–water partition coefficient (Wildman–Crippen LogP) is 4.57. The topological polar surface area (TPSA) is 21.3 Å². The average Bonchev–Trinajstić information content (AvgIpc) is 2.49. The van der Waals surface area contributed by atoms with E-state index in [0.717, 1.165) is 18.6 Å². The van der Waals surface area contributed by atoms with Crippen molar-refractivity contribution in [3.63, 3.8) is 0 Å². The fraction of sp³-hybridized carbons (Fsp3) is 0.667. The van der Waals surface area contributed by atoms with Crippen LogP contribution in [0.2, 0.25) is 0 Å². The van der Waals surface area contributed by atoms with Gasteiger partial charge in [-0.1, -0.05) is 45.7 Å². The van der Waals surface area contributed by atoms with Crippen molar-refractivity contribution in [1.29, 1.82) is 0 Å². The largest absolute Gasteiger partial charge is 0.489 e. The highest BCUT2D eigenvalue weighted by molar-refractivity contribution is 5.27. The highest BCUT2D eigenvalue weighted by Gasteiger charge is 2.19. The van der Waals surface area contributed by atoms with Crippen molar-refractivity contribution >= 4 is 0 Å². The summed E-state index contributed by atoms with van der Waals surface area (Å²) >= 11 is 0. The average molecular weight is 277 g/mol. The molecule has 1 aromatic rings. The van der Waals surface area contributed by atoms with Gasteiger partial charge in [-0.05, 0) is 50.4 Å². The Morgan fingerprint density at radius 2 is 1.75 bits per heavy atom. The zero-order chi connectivity index (χ0) is 14.8. The molecule has 0 aliphatic heterocycles. The molecule has 114 valence electrons. The Bertz CT molecular complexity index is 347. The smallest absolute Gasteiger partial charge is 0.119 e. The summed E-state index contributed by atoms with van der Waals surface area (Å²) in [4.78, 5) is 0. The zero-order valence-electron chi connectivity index (χ0n) is 13.6. The first-order valence-electron chi connectivity index (χ1n) is 8.17. The molecule has 0 spiro atoms. The van der Waals surface area contributed by atoms with Gasteiger partial charge in [0.15, 0.2) is 0 Å². The number of ether oxygens (including phenoxy) is 1. The molecule has 0 saturated heterocycles. The highest BCUT2D eigenvalue weighted by atomic mass is 16.5. The molecule has 1 aromatic carbocycles. The fourth-order valence-electron chi connectivity index (χ4n) is 2.57. The molecule has 2 nitrogen and oxygen atoms in total.